The molecule has 0 aliphatic rings. The van der Waals surface area contributed by atoms with E-state index in [-0.39, 0.29) is 11.5 Å². The molecule has 1 heterocycles. The highest BCUT2D eigenvalue weighted by atomic mass is 32.2. The van der Waals surface area contributed by atoms with Crippen molar-refractivity contribution in [2.75, 3.05) is 12.8 Å². The van der Waals surface area contributed by atoms with Gasteiger partial charge in [-0.25, -0.2) is 13.4 Å². The predicted octanol–water partition coefficient (Wildman–Crippen LogP) is 1.36. The average molecular weight is 262 g/mol. The summed E-state index contributed by atoms with van der Waals surface area (Å²) in [5, 5.41) is 3.78. The topological polar surface area (TPSA) is 59.1 Å². The quantitative estimate of drug-likeness (QED) is 0.841. The zero-order chi connectivity index (χ0) is 12.2. The Hall–Kier alpha value is -0.460. The van der Waals surface area contributed by atoms with Gasteiger partial charge in [-0.2, -0.15) is 0 Å². The predicted molar refractivity (Wildman–Crippen MR) is 67.4 cm³/mol. The smallest absolute Gasteiger partial charge is 0.156 e. The molecular weight excluding hydrogens is 244 g/mol. The summed E-state index contributed by atoms with van der Waals surface area (Å²) in [5.41, 5.74) is 1.01. The van der Waals surface area contributed by atoms with Crippen LogP contribution >= 0.6 is 11.3 Å². The van der Waals surface area contributed by atoms with Gasteiger partial charge in [0.15, 0.2) is 9.84 Å². The molecule has 1 aromatic rings. The number of aromatic nitrogens is 1. The molecule has 0 radical (unpaired) electrons. The van der Waals surface area contributed by atoms with E-state index in [1.165, 1.54) is 11.3 Å². The molecule has 0 saturated carbocycles. The molecule has 4 nitrogen and oxygen atoms in total. The third kappa shape index (κ3) is 3.54. The van der Waals surface area contributed by atoms with Crippen molar-refractivity contribution in [1.29, 1.82) is 0 Å². The SMILES string of the molecule is CCc1nc(CS(=O)(=O)CC)sc1CNC. The number of rotatable bonds is 6. The third-order valence-corrected chi connectivity index (χ3v) is 5.15. The maximum absolute atomic E-state index is 11.5. The maximum atomic E-state index is 11.5. The van der Waals surface area contributed by atoms with E-state index < -0.39 is 9.84 Å². The van der Waals surface area contributed by atoms with Gasteiger partial charge in [0, 0.05) is 17.2 Å². The zero-order valence-electron chi connectivity index (χ0n) is 9.91. The molecule has 0 aliphatic heterocycles. The van der Waals surface area contributed by atoms with Crippen LogP contribution in [-0.2, 0) is 28.6 Å². The molecule has 1 aromatic heterocycles. The van der Waals surface area contributed by atoms with Crippen molar-refractivity contribution in [2.45, 2.75) is 32.6 Å². The summed E-state index contributed by atoms with van der Waals surface area (Å²) in [6.07, 6.45) is 0.847. The van der Waals surface area contributed by atoms with Crippen molar-refractivity contribution in [2.24, 2.45) is 0 Å². The van der Waals surface area contributed by atoms with Gasteiger partial charge in [-0.1, -0.05) is 13.8 Å². The van der Waals surface area contributed by atoms with E-state index in [0.717, 1.165) is 23.5 Å². The number of hydrogen-bond donors (Lipinski definition) is 1. The molecule has 0 unspecified atom stereocenters. The molecule has 6 heteroatoms. The van der Waals surface area contributed by atoms with Crippen LogP contribution in [0.1, 0.15) is 29.4 Å². The summed E-state index contributed by atoms with van der Waals surface area (Å²) in [6.45, 7) is 4.46. The van der Waals surface area contributed by atoms with E-state index in [1.807, 2.05) is 14.0 Å². The molecule has 0 fully saturated rings. The molecule has 0 spiro atoms. The Bertz CT molecular complexity index is 438. The number of thiazole rings is 1. The Morgan fingerprint density at radius 3 is 2.56 bits per heavy atom. The Balaban J connectivity index is 2.90. The Kier molecular flexibility index (Phi) is 4.89. The van der Waals surface area contributed by atoms with Crippen molar-refractivity contribution in [3.8, 4) is 0 Å². The van der Waals surface area contributed by atoms with Crippen LogP contribution in [0.25, 0.3) is 0 Å². The van der Waals surface area contributed by atoms with Crippen molar-refractivity contribution in [1.82, 2.24) is 10.3 Å². The van der Waals surface area contributed by atoms with Crippen molar-refractivity contribution in [3.05, 3.63) is 15.6 Å². The van der Waals surface area contributed by atoms with Gasteiger partial charge in [0.2, 0.25) is 0 Å². The zero-order valence-corrected chi connectivity index (χ0v) is 11.5. The van der Waals surface area contributed by atoms with Gasteiger partial charge in [0.25, 0.3) is 0 Å². The highest BCUT2D eigenvalue weighted by molar-refractivity contribution is 7.90. The minimum atomic E-state index is -2.97. The highest BCUT2D eigenvalue weighted by Crippen LogP contribution is 2.21. The third-order valence-electron chi connectivity index (χ3n) is 2.28. The fraction of sp³-hybridized carbons (Fsp3) is 0.700. The van der Waals surface area contributed by atoms with Crippen LogP contribution in [0.3, 0.4) is 0 Å². The standard InChI is InChI=1S/C10H18N2O2S2/c1-4-8-9(6-11-3)15-10(12-8)7-16(13,14)5-2/h11H,4-7H2,1-3H3. The van der Waals surface area contributed by atoms with E-state index in [0.29, 0.717) is 5.01 Å². The van der Waals surface area contributed by atoms with E-state index in [1.54, 1.807) is 6.92 Å². The largest absolute Gasteiger partial charge is 0.315 e. The average Bonchev–Trinajstić information content (AvgIpc) is 2.60. The second kappa shape index (κ2) is 5.75. The van der Waals surface area contributed by atoms with Gasteiger partial charge in [-0.15, -0.1) is 11.3 Å². The first-order chi connectivity index (χ1) is 7.52. The summed E-state index contributed by atoms with van der Waals surface area (Å²) in [4.78, 5) is 5.52. The van der Waals surface area contributed by atoms with Crippen LogP contribution in [-0.4, -0.2) is 26.2 Å². The summed E-state index contributed by atoms with van der Waals surface area (Å²) in [5.74, 6) is 0.250. The summed E-state index contributed by atoms with van der Waals surface area (Å²) >= 11 is 1.50. The summed E-state index contributed by atoms with van der Waals surface area (Å²) in [7, 11) is -1.10. The van der Waals surface area contributed by atoms with Gasteiger partial charge >= 0.3 is 0 Å². The Labute approximate surface area is 101 Å². The van der Waals surface area contributed by atoms with Gasteiger partial charge in [-0.05, 0) is 13.5 Å². The summed E-state index contributed by atoms with van der Waals surface area (Å²) < 4.78 is 23.0. The molecule has 1 N–H and O–H groups in total. The van der Waals surface area contributed by atoms with Crippen LogP contribution in [0.4, 0.5) is 0 Å². The molecule has 0 saturated heterocycles. The second-order valence-corrected chi connectivity index (χ2v) is 7.06. The molecule has 0 aliphatic carbocycles. The normalized spacial score (nSPS) is 11.9. The van der Waals surface area contributed by atoms with Crippen LogP contribution in [0.2, 0.25) is 0 Å². The maximum Gasteiger partial charge on any atom is 0.156 e. The highest BCUT2D eigenvalue weighted by Gasteiger charge is 2.15. The lowest BCUT2D eigenvalue weighted by Crippen LogP contribution is -2.06. The lowest BCUT2D eigenvalue weighted by molar-refractivity contribution is 0.596. The molecule has 0 atom stereocenters. The summed E-state index contributed by atoms with van der Waals surface area (Å²) in [6, 6.07) is 0. The molecule has 16 heavy (non-hydrogen) atoms. The number of sulfone groups is 1. The Morgan fingerprint density at radius 2 is 2.06 bits per heavy atom. The first kappa shape index (κ1) is 13.6. The first-order valence-electron chi connectivity index (χ1n) is 5.34. The molecule has 1 rings (SSSR count). The van der Waals surface area contributed by atoms with Crippen LogP contribution < -0.4 is 5.32 Å². The number of aryl methyl sites for hydroxylation is 1. The van der Waals surface area contributed by atoms with E-state index in [9.17, 15) is 8.42 Å². The molecule has 0 bridgehead atoms. The molecular formula is C10H18N2O2S2. The number of hydrogen-bond acceptors (Lipinski definition) is 5. The minimum Gasteiger partial charge on any atom is -0.315 e. The van der Waals surface area contributed by atoms with Gasteiger partial charge in [0.1, 0.15) is 10.8 Å². The fourth-order valence-corrected chi connectivity index (χ4v) is 3.75. The minimum absolute atomic E-state index is 0.0743. The van der Waals surface area contributed by atoms with Gasteiger partial charge in [0.05, 0.1) is 5.69 Å². The van der Waals surface area contributed by atoms with Crippen LogP contribution in [0.5, 0.6) is 0 Å². The van der Waals surface area contributed by atoms with Crippen molar-refractivity contribution >= 4 is 21.2 Å². The van der Waals surface area contributed by atoms with Crippen molar-refractivity contribution < 1.29 is 8.42 Å². The monoisotopic (exact) mass is 262 g/mol. The van der Waals surface area contributed by atoms with E-state index in [2.05, 4.69) is 10.3 Å². The first-order valence-corrected chi connectivity index (χ1v) is 7.98. The number of nitrogens with zero attached hydrogens (tertiary/aromatic N) is 1. The van der Waals surface area contributed by atoms with Crippen LogP contribution in [0.15, 0.2) is 0 Å². The molecule has 92 valence electrons. The van der Waals surface area contributed by atoms with E-state index >= 15 is 0 Å². The van der Waals surface area contributed by atoms with Gasteiger partial charge < -0.3 is 5.32 Å². The lowest BCUT2D eigenvalue weighted by atomic mass is 10.3. The fourth-order valence-electron chi connectivity index (χ4n) is 1.36. The van der Waals surface area contributed by atoms with Crippen molar-refractivity contribution in [3.63, 3.8) is 0 Å². The van der Waals surface area contributed by atoms with Crippen LogP contribution in [0, 0.1) is 0 Å². The van der Waals surface area contributed by atoms with Gasteiger partial charge in [-0.3, -0.25) is 0 Å². The number of nitrogens with one attached hydrogen (secondary N) is 1. The second-order valence-electron chi connectivity index (χ2n) is 3.54. The Morgan fingerprint density at radius 1 is 1.38 bits per heavy atom. The lowest BCUT2D eigenvalue weighted by Gasteiger charge is -1.96. The van der Waals surface area contributed by atoms with E-state index in [4.69, 9.17) is 0 Å². The molecule has 0 amide bonds. The molecule has 0 aromatic carbocycles.